The molecule has 0 saturated carbocycles. The first-order valence-corrected chi connectivity index (χ1v) is 6.45. The van der Waals surface area contributed by atoms with Crippen LogP contribution in [0.3, 0.4) is 0 Å². The van der Waals surface area contributed by atoms with Gasteiger partial charge in [0.15, 0.2) is 0 Å². The highest BCUT2D eigenvalue weighted by atomic mass is 16.2. The van der Waals surface area contributed by atoms with Crippen LogP contribution in [-0.4, -0.2) is 30.8 Å². The van der Waals surface area contributed by atoms with Crippen molar-refractivity contribution >= 4 is 23.4 Å². The molecule has 0 aromatic heterocycles. The minimum atomic E-state index is -0.247. The Bertz CT molecular complexity index is 500. The first kappa shape index (κ1) is 15.7. The second-order valence-electron chi connectivity index (χ2n) is 4.22. The predicted molar refractivity (Wildman–Crippen MR) is 76.4 cm³/mol. The first-order chi connectivity index (χ1) is 9.52. The summed E-state index contributed by atoms with van der Waals surface area (Å²) in [7, 11) is 0. The van der Waals surface area contributed by atoms with E-state index in [0.717, 1.165) is 0 Å². The lowest BCUT2D eigenvalue weighted by Gasteiger charge is -2.08. The van der Waals surface area contributed by atoms with E-state index in [1.165, 1.54) is 6.92 Å². The summed E-state index contributed by atoms with van der Waals surface area (Å²) in [6.45, 7) is 3.91. The number of carbonyl (C=O) groups is 3. The van der Waals surface area contributed by atoms with Crippen molar-refractivity contribution in [3.8, 4) is 0 Å². The smallest absolute Gasteiger partial charge is 0.251 e. The molecule has 0 fully saturated rings. The van der Waals surface area contributed by atoms with Crippen molar-refractivity contribution in [2.75, 3.05) is 18.4 Å². The molecule has 0 aliphatic heterocycles. The molecule has 0 unspecified atom stereocenters. The fraction of sp³-hybridized carbons (Fsp3) is 0.357. The minimum absolute atomic E-state index is 0.104. The summed E-state index contributed by atoms with van der Waals surface area (Å²) in [4.78, 5) is 33.8. The van der Waals surface area contributed by atoms with Crippen LogP contribution in [0.25, 0.3) is 0 Å². The summed E-state index contributed by atoms with van der Waals surface area (Å²) >= 11 is 0. The average molecular weight is 277 g/mol. The van der Waals surface area contributed by atoms with Crippen molar-refractivity contribution in [2.45, 2.75) is 20.3 Å². The molecule has 0 aliphatic carbocycles. The number of hydrogen-bond acceptors (Lipinski definition) is 3. The third kappa shape index (κ3) is 5.51. The second kappa shape index (κ2) is 7.93. The van der Waals surface area contributed by atoms with Gasteiger partial charge in [0.2, 0.25) is 11.8 Å². The molecule has 0 radical (unpaired) electrons. The van der Waals surface area contributed by atoms with Gasteiger partial charge in [-0.1, -0.05) is 13.0 Å². The maximum Gasteiger partial charge on any atom is 0.251 e. The summed E-state index contributed by atoms with van der Waals surface area (Å²) in [6.07, 6.45) is 0.382. The van der Waals surface area contributed by atoms with Crippen molar-refractivity contribution in [1.29, 1.82) is 0 Å². The highest BCUT2D eigenvalue weighted by Gasteiger charge is 2.06. The number of nitrogens with one attached hydrogen (secondary N) is 3. The molecule has 1 aromatic carbocycles. The van der Waals surface area contributed by atoms with Gasteiger partial charge in [-0.15, -0.1) is 0 Å². The molecular formula is C14H19N3O3. The van der Waals surface area contributed by atoms with E-state index in [-0.39, 0.29) is 17.7 Å². The van der Waals surface area contributed by atoms with E-state index >= 15 is 0 Å². The van der Waals surface area contributed by atoms with Crippen LogP contribution < -0.4 is 16.0 Å². The van der Waals surface area contributed by atoms with E-state index < -0.39 is 0 Å². The molecule has 108 valence electrons. The van der Waals surface area contributed by atoms with Crippen molar-refractivity contribution in [3.05, 3.63) is 29.8 Å². The van der Waals surface area contributed by atoms with E-state index in [0.29, 0.717) is 30.8 Å². The highest BCUT2D eigenvalue weighted by molar-refractivity contribution is 5.97. The Morgan fingerprint density at radius 3 is 2.45 bits per heavy atom. The molecule has 0 aliphatic rings. The quantitative estimate of drug-likeness (QED) is 0.675. The molecule has 20 heavy (non-hydrogen) atoms. The topological polar surface area (TPSA) is 87.3 Å². The molecule has 3 amide bonds. The maximum atomic E-state index is 11.9. The summed E-state index contributed by atoms with van der Waals surface area (Å²) in [5.74, 6) is -0.486. The van der Waals surface area contributed by atoms with E-state index in [2.05, 4.69) is 16.0 Å². The molecule has 1 aromatic rings. The van der Waals surface area contributed by atoms with Crippen molar-refractivity contribution < 1.29 is 14.4 Å². The summed E-state index contributed by atoms with van der Waals surface area (Å²) in [5.41, 5.74) is 1.05. The molecule has 0 heterocycles. The Hall–Kier alpha value is -2.37. The molecular weight excluding hydrogens is 258 g/mol. The third-order valence-electron chi connectivity index (χ3n) is 2.51. The van der Waals surface area contributed by atoms with Crippen molar-refractivity contribution in [1.82, 2.24) is 10.6 Å². The normalized spacial score (nSPS) is 9.70. The average Bonchev–Trinajstić information content (AvgIpc) is 2.43. The lowest BCUT2D eigenvalue weighted by Crippen LogP contribution is -2.33. The minimum Gasteiger partial charge on any atom is -0.355 e. The van der Waals surface area contributed by atoms with Crippen LogP contribution >= 0.6 is 0 Å². The summed E-state index contributed by atoms with van der Waals surface area (Å²) < 4.78 is 0. The van der Waals surface area contributed by atoms with Crippen LogP contribution in [0.1, 0.15) is 30.6 Å². The molecule has 0 bridgehead atoms. The van der Waals surface area contributed by atoms with E-state index in [9.17, 15) is 14.4 Å². The third-order valence-corrected chi connectivity index (χ3v) is 2.51. The van der Waals surface area contributed by atoms with Crippen LogP contribution in [0.5, 0.6) is 0 Å². The van der Waals surface area contributed by atoms with Gasteiger partial charge in [0.05, 0.1) is 0 Å². The number of carbonyl (C=O) groups excluding carboxylic acids is 3. The van der Waals surface area contributed by atoms with E-state index in [1.807, 2.05) is 0 Å². The zero-order chi connectivity index (χ0) is 15.0. The second-order valence-corrected chi connectivity index (χ2v) is 4.22. The van der Waals surface area contributed by atoms with Gasteiger partial charge in [0.1, 0.15) is 0 Å². The first-order valence-electron chi connectivity index (χ1n) is 6.45. The zero-order valence-electron chi connectivity index (χ0n) is 11.7. The Labute approximate surface area is 117 Å². The van der Waals surface area contributed by atoms with Crippen LogP contribution in [0.4, 0.5) is 5.69 Å². The molecule has 0 saturated heterocycles. The fourth-order valence-electron chi connectivity index (χ4n) is 1.50. The molecule has 1 rings (SSSR count). The Morgan fingerprint density at radius 2 is 1.80 bits per heavy atom. The lowest BCUT2D eigenvalue weighted by molar-refractivity contribution is -0.119. The van der Waals surface area contributed by atoms with Gasteiger partial charge in [0, 0.05) is 37.7 Å². The van der Waals surface area contributed by atoms with Gasteiger partial charge in [0.25, 0.3) is 5.91 Å². The molecule has 6 nitrogen and oxygen atoms in total. The molecule has 6 heteroatoms. The van der Waals surface area contributed by atoms with Gasteiger partial charge < -0.3 is 16.0 Å². The molecule has 0 spiro atoms. The molecule has 3 N–H and O–H groups in total. The van der Waals surface area contributed by atoms with Crippen molar-refractivity contribution in [3.63, 3.8) is 0 Å². The van der Waals surface area contributed by atoms with Crippen LogP contribution in [0.2, 0.25) is 0 Å². The van der Waals surface area contributed by atoms with Crippen LogP contribution in [0, 0.1) is 0 Å². The number of anilines is 1. The molecule has 0 atom stereocenters. The van der Waals surface area contributed by atoms with Gasteiger partial charge in [-0.25, -0.2) is 0 Å². The SMILES string of the molecule is CCC(=O)Nc1cccc(C(=O)NCCNC(C)=O)c1. The summed E-state index contributed by atoms with van der Waals surface area (Å²) in [6, 6.07) is 6.70. The Kier molecular flexibility index (Phi) is 6.22. The highest BCUT2D eigenvalue weighted by Crippen LogP contribution is 2.10. The summed E-state index contributed by atoms with van der Waals surface area (Å²) in [5, 5.41) is 7.96. The maximum absolute atomic E-state index is 11.9. The predicted octanol–water partition coefficient (Wildman–Crippen LogP) is 0.901. The van der Waals surface area contributed by atoms with Crippen molar-refractivity contribution in [2.24, 2.45) is 0 Å². The number of hydrogen-bond donors (Lipinski definition) is 3. The standard InChI is InChI=1S/C14H19N3O3/c1-3-13(19)17-12-6-4-5-11(9-12)14(20)16-8-7-15-10(2)18/h4-6,9H,3,7-8H2,1-2H3,(H,15,18)(H,16,20)(H,17,19). The van der Waals surface area contributed by atoms with Crippen LogP contribution in [0.15, 0.2) is 24.3 Å². The van der Waals surface area contributed by atoms with Gasteiger partial charge >= 0.3 is 0 Å². The largest absolute Gasteiger partial charge is 0.355 e. The Balaban J connectivity index is 2.53. The Morgan fingerprint density at radius 1 is 1.10 bits per heavy atom. The monoisotopic (exact) mass is 277 g/mol. The van der Waals surface area contributed by atoms with Crippen LogP contribution in [-0.2, 0) is 9.59 Å². The van der Waals surface area contributed by atoms with E-state index in [4.69, 9.17) is 0 Å². The number of amides is 3. The van der Waals surface area contributed by atoms with E-state index in [1.54, 1.807) is 31.2 Å². The fourth-order valence-corrected chi connectivity index (χ4v) is 1.50. The number of rotatable bonds is 6. The number of benzene rings is 1. The lowest BCUT2D eigenvalue weighted by atomic mass is 10.2. The zero-order valence-corrected chi connectivity index (χ0v) is 11.7. The van der Waals surface area contributed by atoms with Gasteiger partial charge in [-0.2, -0.15) is 0 Å². The van der Waals surface area contributed by atoms with Gasteiger partial charge in [-0.3, -0.25) is 14.4 Å². The van der Waals surface area contributed by atoms with Gasteiger partial charge in [-0.05, 0) is 18.2 Å².